The van der Waals surface area contributed by atoms with Crippen LogP contribution in [0.5, 0.6) is 11.5 Å². The highest BCUT2D eigenvalue weighted by Gasteiger charge is 2.19. The number of amides is 1. The quantitative estimate of drug-likeness (QED) is 0.772. The smallest absolute Gasteiger partial charge is 0.262 e. The first kappa shape index (κ1) is 8.87. The van der Waals surface area contributed by atoms with Crippen LogP contribution in [0.4, 0.5) is 5.69 Å². The van der Waals surface area contributed by atoms with Gasteiger partial charge in [0.15, 0.2) is 6.61 Å². The third-order valence-corrected chi connectivity index (χ3v) is 1.91. The Morgan fingerprint density at radius 3 is 3.21 bits per heavy atom. The average molecular weight is 193 g/mol. The fourth-order valence-electron chi connectivity index (χ4n) is 1.35. The van der Waals surface area contributed by atoms with Crippen molar-refractivity contribution in [2.45, 2.75) is 6.92 Å². The van der Waals surface area contributed by atoms with Gasteiger partial charge in [-0.15, -0.1) is 0 Å². The predicted molar refractivity (Wildman–Crippen MR) is 51.7 cm³/mol. The lowest BCUT2D eigenvalue weighted by molar-refractivity contribution is -0.118. The molecule has 0 atom stereocenters. The van der Waals surface area contributed by atoms with Crippen LogP contribution < -0.4 is 14.8 Å². The van der Waals surface area contributed by atoms with E-state index >= 15 is 0 Å². The summed E-state index contributed by atoms with van der Waals surface area (Å²) in [6.07, 6.45) is 0. The molecule has 1 amide bonds. The molecule has 0 unspecified atom stereocenters. The number of rotatable bonds is 2. The summed E-state index contributed by atoms with van der Waals surface area (Å²) >= 11 is 0. The lowest BCUT2D eigenvalue weighted by Crippen LogP contribution is -2.25. The Labute approximate surface area is 81.8 Å². The molecular weight excluding hydrogens is 182 g/mol. The first-order valence-corrected chi connectivity index (χ1v) is 4.49. The number of benzene rings is 1. The van der Waals surface area contributed by atoms with Gasteiger partial charge in [-0.05, 0) is 19.1 Å². The maximum absolute atomic E-state index is 11.1. The highest BCUT2D eigenvalue weighted by Crippen LogP contribution is 2.36. The summed E-state index contributed by atoms with van der Waals surface area (Å²) in [7, 11) is 0. The van der Waals surface area contributed by atoms with Gasteiger partial charge in [-0.3, -0.25) is 4.79 Å². The Morgan fingerprint density at radius 2 is 2.43 bits per heavy atom. The van der Waals surface area contributed by atoms with Crippen molar-refractivity contribution >= 4 is 11.6 Å². The number of ether oxygens (including phenoxy) is 2. The van der Waals surface area contributed by atoms with Crippen LogP contribution in [-0.2, 0) is 4.79 Å². The number of carbonyl (C=O) groups is 1. The Hall–Kier alpha value is -1.71. The second kappa shape index (κ2) is 3.57. The Bertz CT molecular complexity index is 362. The molecule has 14 heavy (non-hydrogen) atoms. The van der Waals surface area contributed by atoms with E-state index in [-0.39, 0.29) is 12.5 Å². The van der Waals surface area contributed by atoms with Gasteiger partial charge in [0.05, 0.1) is 6.61 Å². The van der Waals surface area contributed by atoms with Crippen LogP contribution in [0.2, 0.25) is 0 Å². The lowest BCUT2D eigenvalue weighted by Gasteiger charge is -2.20. The van der Waals surface area contributed by atoms with E-state index in [2.05, 4.69) is 5.32 Å². The van der Waals surface area contributed by atoms with Gasteiger partial charge in [-0.25, -0.2) is 0 Å². The van der Waals surface area contributed by atoms with Crippen molar-refractivity contribution in [1.82, 2.24) is 0 Å². The Morgan fingerprint density at radius 1 is 1.57 bits per heavy atom. The third kappa shape index (κ3) is 1.51. The van der Waals surface area contributed by atoms with Crippen LogP contribution in [0, 0.1) is 0 Å². The van der Waals surface area contributed by atoms with E-state index in [1.54, 1.807) is 12.1 Å². The van der Waals surface area contributed by atoms with Gasteiger partial charge in [-0.2, -0.15) is 0 Å². The maximum atomic E-state index is 11.1. The Balaban J connectivity index is 2.38. The minimum absolute atomic E-state index is 0.0720. The molecule has 0 bridgehead atoms. The highest BCUT2D eigenvalue weighted by molar-refractivity contribution is 5.97. The van der Waals surface area contributed by atoms with Crippen molar-refractivity contribution in [2.75, 3.05) is 18.5 Å². The van der Waals surface area contributed by atoms with Crippen molar-refractivity contribution in [1.29, 1.82) is 0 Å². The van der Waals surface area contributed by atoms with Crippen molar-refractivity contribution in [2.24, 2.45) is 0 Å². The molecule has 0 aromatic heterocycles. The van der Waals surface area contributed by atoms with E-state index in [0.29, 0.717) is 23.8 Å². The van der Waals surface area contributed by atoms with Crippen molar-refractivity contribution in [3.63, 3.8) is 0 Å². The fraction of sp³-hybridized carbons (Fsp3) is 0.300. The lowest BCUT2D eigenvalue weighted by atomic mass is 10.2. The first-order chi connectivity index (χ1) is 6.81. The van der Waals surface area contributed by atoms with E-state index in [9.17, 15) is 4.79 Å². The normalized spacial score (nSPS) is 13.9. The van der Waals surface area contributed by atoms with Gasteiger partial charge in [0.1, 0.15) is 17.2 Å². The van der Waals surface area contributed by atoms with Crippen LogP contribution >= 0.6 is 0 Å². The summed E-state index contributed by atoms with van der Waals surface area (Å²) in [5.74, 6) is 1.17. The molecule has 0 aliphatic carbocycles. The number of hydrogen-bond acceptors (Lipinski definition) is 3. The Kier molecular flexibility index (Phi) is 2.26. The number of hydrogen-bond donors (Lipinski definition) is 1. The zero-order valence-corrected chi connectivity index (χ0v) is 7.87. The molecule has 2 rings (SSSR count). The highest BCUT2D eigenvalue weighted by atomic mass is 16.5. The summed E-state index contributed by atoms with van der Waals surface area (Å²) in [6.45, 7) is 2.53. The molecule has 4 nitrogen and oxygen atoms in total. The van der Waals surface area contributed by atoms with Crippen LogP contribution in [0.1, 0.15) is 6.92 Å². The SMILES string of the molecule is CCOc1cccc2c1NC(=O)CO2. The summed E-state index contributed by atoms with van der Waals surface area (Å²) in [4.78, 5) is 11.1. The summed E-state index contributed by atoms with van der Waals surface area (Å²) in [6, 6.07) is 5.44. The molecule has 0 saturated heterocycles. The zero-order chi connectivity index (χ0) is 9.97. The zero-order valence-electron chi connectivity index (χ0n) is 7.87. The molecule has 1 aromatic rings. The standard InChI is InChI=1S/C10H11NO3/c1-2-13-7-4-3-5-8-10(7)11-9(12)6-14-8/h3-5H,2,6H2,1H3,(H,11,12). The number of anilines is 1. The number of fused-ring (bicyclic) bond motifs is 1. The van der Waals surface area contributed by atoms with Crippen LogP contribution in [0.3, 0.4) is 0 Å². The monoisotopic (exact) mass is 193 g/mol. The maximum Gasteiger partial charge on any atom is 0.262 e. The number of carbonyl (C=O) groups excluding carboxylic acids is 1. The van der Waals surface area contributed by atoms with Crippen LogP contribution in [-0.4, -0.2) is 19.1 Å². The molecule has 1 heterocycles. The average Bonchev–Trinajstić information content (AvgIpc) is 2.19. The number of para-hydroxylation sites is 1. The minimum atomic E-state index is -0.148. The molecule has 74 valence electrons. The topological polar surface area (TPSA) is 47.6 Å². The summed E-state index contributed by atoms with van der Waals surface area (Å²) < 4.78 is 10.6. The minimum Gasteiger partial charge on any atom is -0.492 e. The molecule has 0 fully saturated rings. The summed E-state index contributed by atoms with van der Waals surface area (Å²) in [5, 5.41) is 2.72. The number of nitrogens with one attached hydrogen (secondary N) is 1. The third-order valence-electron chi connectivity index (χ3n) is 1.91. The fourth-order valence-corrected chi connectivity index (χ4v) is 1.35. The van der Waals surface area contributed by atoms with E-state index in [1.165, 1.54) is 0 Å². The predicted octanol–water partition coefficient (Wildman–Crippen LogP) is 1.42. The summed E-state index contributed by atoms with van der Waals surface area (Å²) in [5.41, 5.74) is 0.630. The van der Waals surface area contributed by atoms with E-state index in [4.69, 9.17) is 9.47 Å². The molecular formula is C10H11NO3. The second-order valence-corrected chi connectivity index (χ2v) is 2.90. The molecule has 0 spiro atoms. The largest absolute Gasteiger partial charge is 0.492 e. The van der Waals surface area contributed by atoms with Crippen molar-refractivity contribution in [3.8, 4) is 11.5 Å². The van der Waals surface area contributed by atoms with Gasteiger partial charge in [0.2, 0.25) is 0 Å². The van der Waals surface area contributed by atoms with Crippen molar-refractivity contribution in [3.05, 3.63) is 18.2 Å². The first-order valence-electron chi connectivity index (χ1n) is 4.49. The van der Waals surface area contributed by atoms with E-state index in [1.807, 2.05) is 13.0 Å². The van der Waals surface area contributed by atoms with E-state index < -0.39 is 0 Å². The molecule has 1 aliphatic heterocycles. The molecule has 0 radical (unpaired) electrons. The van der Waals surface area contributed by atoms with Crippen molar-refractivity contribution < 1.29 is 14.3 Å². The second-order valence-electron chi connectivity index (χ2n) is 2.90. The van der Waals surface area contributed by atoms with Crippen LogP contribution in [0.25, 0.3) is 0 Å². The molecule has 1 aliphatic rings. The van der Waals surface area contributed by atoms with Crippen LogP contribution in [0.15, 0.2) is 18.2 Å². The van der Waals surface area contributed by atoms with Gasteiger partial charge >= 0.3 is 0 Å². The molecule has 1 N–H and O–H groups in total. The van der Waals surface area contributed by atoms with Gasteiger partial charge in [-0.1, -0.05) is 6.07 Å². The van der Waals surface area contributed by atoms with E-state index in [0.717, 1.165) is 0 Å². The van der Waals surface area contributed by atoms with Gasteiger partial charge in [0, 0.05) is 0 Å². The van der Waals surface area contributed by atoms with Gasteiger partial charge < -0.3 is 14.8 Å². The molecule has 1 aromatic carbocycles. The molecule has 0 saturated carbocycles. The molecule has 4 heteroatoms. The van der Waals surface area contributed by atoms with Gasteiger partial charge in [0.25, 0.3) is 5.91 Å².